The zero-order valence-electron chi connectivity index (χ0n) is 10.6. The molecule has 0 saturated heterocycles. The summed E-state index contributed by atoms with van der Waals surface area (Å²) in [6.45, 7) is -0.0253. The lowest BCUT2D eigenvalue weighted by molar-refractivity contribution is 0.577. The van der Waals surface area contributed by atoms with Crippen LogP contribution in [0.15, 0.2) is 23.1 Å². The van der Waals surface area contributed by atoms with Gasteiger partial charge in [0.15, 0.2) is 0 Å². The summed E-state index contributed by atoms with van der Waals surface area (Å²) < 4.78 is 48.1. The van der Waals surface area contributed by atoms with Crippen LogP contribution in [0.2, 0.25) is 5.02 Å². The molecule has 1 N–H and O–H groups in total. The first kappa shape index (κ1) is 16.9. The number of hydrogen-bond donors (Lipinski definition) is 1. The summed E-state index contributed by atoms with van der Waals surface area (Å²) in [7, 11) is -7.00. The van der Waals surface area contributed by atoms with Gasteiger partial charge in [0.2, 0.25) is 10.0 Å². The molecule has 0 bridgehead atoms. The zero-order valence-corrected chi connectivity index (χ0v) is 13.0. The largest absolute Gasteiger partial charge is 0.242 e. The monoisotopic (exact) mass is 336 g/mol. The minimum absolute atomic E-state index is 0.000358. The average Bonchev–Trinajstić information content (AvgIpc) is 2.34. The van der Waals surface area contributed by atoms with E-state index in [1.54, 1.807) is 0 Å². The SMILES string of the molecule is CS(=O)(=O)CCCNS(=O)(=O)c1cc(C#N)ccc1Cl. The van der Waals surface area contributed by atoms with E-state index in [1.807, 2.05) is 6.07 Å². The lowest BCUT2D eigenvalue weighted by Gasteiger charge is -2.08. The lowest BCUT2D eigenvalue weighted by Crippen LogP contribution is -2.26. The van der Waals surface area contributed by atoms with Gasteiger partial charge in [-0.3, -0.25) is 0 Å². The minimum Gasteiger partial charge on any atom is -0.229 e. The van der Waals surface area contributed by atoms with Crippen molar-refractivity contribution in [1.29, 1.82) is 5.26 Å². The molecule has 1 rings (SSSR count). The summed E-state index contributed by atoms with van der Waals surface area (Å²) in [5, 5.41) is 8.75. The minimum atomic E-state index is -3.87. The van der Waals surface area contributed by atoms with E-state index in [1.165, 1.54) is 18.2 Å². The second kappa shape index (κ2) is 6.54. The summed E-state index contributed by atoms with van der Waals surface area (Å²) in [4.78, 5) is -0.197. The highest BCUT2D eigenvalue weighted by Crippen LogP contribution is 2.22. The number of benzene rings is 1. The maximum Gasteiger partial charge on any atom is 0.242 e. The van der Waals surface area contributed by atoms with Crippen molar-refractivity contribution >= 4 is 31.5 Å². The Kier molecular flexibility index (Phi) is 5.53. The second-order valence-corrected chi connectivity index (χ2v) is 8.54. The molecular formula is C11H13ClN2O4S2. The number of hydrogen-bond acceptors (Lipinski definition) is 5. The fourth-order valence-electron chi connectivity index (χ4n) is 1.40. The topological polar surface area (TPSA) is 104 Å². The Morgan fingerprint density at radius 3 is 2.50 bits per heavy atom. The Labute approximate surface area is 123 Å². The van der Waals surface area contributed by atoms with Crippen LogP contribution in [0.3, 0.4) is 0 Å². The van der Waals surface area contributed by atoms with Crippen molar-refractivity contribution in [2.75, 3.05) is 18.6 Å². The number of nitrogens with zero attached hydrogens (tertiary/aromatic N) is 1. The van der Waals surface area contributed by atoms with E-state index in [2.05, 4.69) is 4.72 Å². The molecule has 0 amide bonds. The highest BCUT2D eigenvalue weighted by atomic mass is 35.5. The van der Waals surface area contributed by atoms with Crippen LogP contribution in [0.25, 0.3) is 0 Å². The molecule has 0 unspecified atom stereocenters. The zero-order chi connectivity index (χ0) is 15.4. The molecule has 6 nitrogen and oxygen atoms in total. The smallest absolute Gasteiger partial charge is 0.229 e. The molecule has 0 aliphatic carbocycles. The molecule has 0 atom stereocenters. The van der Waals surface area contributed by atoms with Crippen molar-refractivity contribution in [3.05, 3.63) is 28.8 Å². The number of halogens is 1. The van der Waals surface area contributed by atoms with E-state index in [0.717, 1.165) is 6.26 Å². The van der Waals surface area contributed by atoms with Crippen LogP contribution < -0.4 is 4.72 Å². The molecule has 1 aromatic rings. The maximum absolute atomic E-state index is 12.0. The third-order valence-corrected chi connectivity index (χ3v) is 5.31. The number of nitrogens with one attached hydrogen (secondary N) is 1. The molecule has 0 spiro atoms. The van der Waals surface area contributed by atoms with Gasteiger partial charge in [-0.1, -0.05) is 11.6 Å². The van der Waals surface area contributed by atoms with Gasteiger partial charge in [0, 0.05) is 12.8 Å². The molecule has 1 aromatic carbocycles. The third kappa shape index (κ3) is 5.09. The van der Waals surface area contributed by atoms with Gasteiger partial charge in [-0.25, -0.2) is 21.6 Å². The Balaban J connectivity index is 2.82. The van der Waals surface area contributed by atoms with Gasteiger partial charge in [0.05, 0.1) is 22.4 Å². The van der Waals surface area contributed by atoms with E-state index in [0.29, 0.717) is 0 Å². The van der Waals surface area contributed by atoms with Crippen LogP contribution in [-0.2, 0) is 19.9 Å². The van der Waals surface area contributed by atoms with Gasteiger partial charge in [-0.15, -0.1) is 0 Å². The first-order valence-electron chi connectivity index (χ1n) is 5.53. The Morgan fingerprint density at radius 1 is 1.30 bits per heavy atom. The Bertz CT molecular complexity index is 736. The fourth-order valence-corrected chi connectivity index (χ4v) is 3.66. The van der Waals surface area contributed by atoms with Crippen molar-refractivity contribution in [3.63, 3.8) is 0 Å². The van der Waals surface area contributed by atoms with Crippen molar-refractivity contribution in [2.24, 2.45) is 0 Å². The van der Waals surface area contributed by atoms with Gasteiger partial charge in [0.1, 0.15) is 14.7 Å². The second-order valence-electron chi connectivity index (χ2n) is 4.14. The van der Waals surface area contributed by atoms with Crippen molar-refractivity contribution < 1.29 is 16.8 Å². The van der Waals surface area contributed by atoms with E-state index < -0.39 is 19.9 Å². The first-order chi connectivity index (χ1) is 9.15. The molecule has 9 heteroatoms. The molecule has 0 aromatic heterocycles. The van der Waals surface area contributed by atoms with Crippen molar-refractivity contribution in [1.82, 2.24) is 4.72 Å². The number of rotatable bonds is 6. The highest BCUT2D eigenvalue weighted by molar-refractivity contribution is 7.90. The summed E-state index contributed by atoms with van der Waals surface area (Å²) in [6, 6.07) is 5.72. The highest BCUT2D eigenvalue weighted by Gasteiger charge is 2.18. The molecular weight excluding hydrogens is 324 g/mol. The molecule has 0 radical (unpaired) electrons. The quantitative estimate of drug-likeness (QED) is 0.778. The van der Waals surface area contributed by atoms with Crippen LogP contribution in [0, 0.1) is 11.3 Å². The van der Waals surface area contributed by atoms with E-state index >= 15 is 0 Å². The molecule has 0 aliphatic heterocycles. The number of nitriles is 1. The molecule has 20 heavy (non-hydrogen) atoms. The van der Waals surface area contributed by atoms with Gasteiger partial charge < -0.3 is 0 Å². The summed E-state index contributed by atoms with van der Waals surface area (Å²) in [5.41, 5.74) is 0.172. The fraction of sp³-hybridized carbons (Fsp3) is 0.364. The van der Waals surface area contributed by atoms with Gasteiger partial charge >= 0.3 is 0 Å². The molecule has 0 saturated carbocycles. The normalized spacial score (nSPS) is 12.1. The maximum atomic E-state index is 12.0. The molecule has 110 valence electrons. The molecule has 0 aliphatic rings. The Morgan fingerprint density at radius 2 is 1.95 bits per heavy atom. The van der Waals surface area contributed by atoms with E-state index in [9.17, 15) is 16.8 Å². The van der Waals surface area contributed by atoms with Gasteiger partial charge in [0.25, 0.3) is 0 Å². The molecule has 0 heterocycles. The van der Waals surface area contributed by atoms with Crippen LogP contribution in [0.1, 0.15) is 12.0 Å². The van der Waals surface area contributed by atoms with Crippen LogP contribution in [0.4, 0.5) is 0 Å². The summed E-state index contributed by atoms with van der Waals surface area (Å²) >= 11 is 5.80. The predicted octanol–water partition coefficient (Wildman–Crippen LogP) is 0.925. The van der Waals surface area contributed by atoms with Crippen LogP contribution in [0.5, 0.6) is 0 Å². The van der Waals surface area contributed by atoms with E-state index in [4.69, 9.17) is 16.9 Å². The van der Waals surface area contributed by atoms with Gasteiger partial charge in [-0.2, -0.15) is 5.26 Å². The average molecular weight is 337 g/mol. The summed E-state index contributed by atoms with van der Waals surface area (Å²) in [6.07, 6.45) is 1.24. The van der Waals surface area contributed by atoms with Crippen molar-refractivity contribution in [3.8, 4) is 6.07 Å². The van der Waals surface area contributed by atoms with Crippen LogP contribution in [-0.4, -0.2) is 35.4 Å². The number of sulfone groups is 1. The predicted molar refractivity (Wildman–Crippen MR) is 75.7 cm³/mol. The first-order valence-corrected chi connectivity index (χ1v) is 9.45. The number of sulfonamides is 1. The molecule has 0 fully saturated rings. The van der Waals surface area contributed by atoms with E-state index in [-0.39, 0.29) is 34.2 Å². The third-order valence-electron chi connectivity index (χ3n) is 2.33. The standard InChI is InChI=1S/C11H13ClN2O4S2/c1-19(15,16)6-2-5-14-20(17,18)11-7-9(8-13)3-4-10(11)12/h3-4,7,14H,2,5-6H2,1H3. The summed E-state index contributed by atoms with van der Waals surface area (Å²) in [5.74, 6) is -0.110. The Hall–Kier alpha value is -1.14. The van der Waals surface area contributed by atoms with Crippen molar-refractivity contribution in [2.45, 2.75) is 11.3 Å². The van der Waals surface area contributed by atoms with Crippen LogP contribution >= 0.6 is 11.6 Å². The van der Waals surface area contributed by atoms with Gasteiger partial charge in [-0.05, 0) is 24.6 Å². The lowest BCUT2D eigenvalue weighted by atomic mass is 10.2.